The van der Waals surface area contributed by atoms with Crippen molar-refractivity contribution in [2.45, 2.75) is 52.2 Å². The topological polar surface area (TPSA) is 63.2 Å². The van der Waals surface area contributed by atoms with Crippen LogP contribution in [0.25, 0.3) is 0 Å². The predicted octanol–water partition coefficient (Wildman–Crippen LogP) is 0.933. The molecule has 1 fully saturated rings. The fourth-order valence-corrected chi connectivity index (χ4v) is 3.23. The van der Waals surface area contributed by atoms with Crippen molar-refractivity contribution >= 4 is 0 Å². The van der Waals surface area contributed by atoms with E-state index in [4.69, 9.17) is 5.73 Å². The van der Waals surface area contributed by atoms with Crippen LogP contribution in [0, 0.1) is 0 Å². The van der Waals surface area contributed by atoms with Crippen LogP contribution in [0.5, 0.6) is 0 Å². The zero-order valence-electron chi connectivity index (χ0n) is 13.5. The Balaban J connectivity index is 1.88. The molecule has 1 aliphatic rings. The Morgan fingerprint density at radius 3 is 2.81 bits per heavy atom. The van der Waals surface area contributed by atoms with E-state index in [2.05, 4.69) is 33.7 Å². The fraction of sp³-hybridized carbons (Fsp3) is 0.867. The van der Waals surface area contributed by atoms with Gasteiger partial charge in [-0.05, 0) is 45.8 Å². The number of hydrogen-bond acceptors (Lipinski definition) is 5. The number of aromatic nitrogens is 3. The summed E-state index contributed by atoms with van der Waals surface area (Å²) < 4.78 is 1.99. The van der Waals surface area contributed by atoms with Crippen LogP contribution < -0.4 is 5.73 Å². The molecule has 2 heterocycles. The second kappa shape index (κ2) is 8.46. The molecule has 0 aromatic carbocycles. The van der Waals surface area contributed by atoms with Gasteiger partial charge in [0.05, 0.1) is 6.54 Å². The van der Waals surface area contributed by atoms with Crippen molar-refractivity contribution in [2.24, 2.45) is 5.73 Å². The van der Waals surface area contributed by atoms with Crippen LogP contribution in [-0.4, -0.2) is 63.3 Å². The molecule has 0 spiro atoms. The van der Waals surface area contributed by atoms with E-state index in [9.17, 15) is 0 Å². The van der Waals surface area contributed by atoms with Crippen LogP contribution in [0.4, 0.5) is 0 Å². The maximum Gasteiger partial charge on any atom is 0.140 e. The molecule has 1 aliphatic heterocycles. The number of aryl methyl sites for hydroxylation is 1. The summed E-state index contributed by atoms with van der Waals surface area (Å²) in [6, 6.07) is 0.647. The Bertz CT molecular complexity index is 405. The van der Waals surface area contributed by atoms with Gasteiger partial charge in [0.1, 0.15) is 12.2 Å². The standard InChI is InChI=1S/C15H30N6/c1-3-14(6-7-16)20-9-5-8-19(10-11-20)12-15-17-13-18-21(15)4-2/h13-14H,3-12,16H2,1-2H3. The van der Waals surface area contributed by atoms with Gasteiger partial charge in [0.15, 0.2) is 0 Å². The van der Waals surface area contributed by atoms with E-state index in [0.29, 0.717) is 6.04 Å². The molecule has 0 aliphatic carbocycles. The highest BCUT2D eigenvalue weighted by atomic mass is 15.3. The molecular formula is C15H30N6. The highest BCUT2D eigenvalue weighted by molar-refractivity contribution is 4.86. The van der Waals surface area contributed by atoms with Crippen molar-refractivity contribution in [1.29, 1.82) is 0 Å². The number of rotatable bonds is 7. The largest absolute Gasteiger partial charge is 0.330 e. The quantitative estimate of drug-likeness (QED) is 0.810. The van der Waals surface area contributed by atoms with Crippen LogP contribution in [-0.2, 0) is 13.1 Å². The smallest absolute Gasteiger partial charge is 0.140 e. The van der Waals surface area contributed by atoms with Gasteiger partial charge in [0, 0.05) is 25.7 Å². The summed E-state index contributed by atoms with van der Waals surface area (Å²) in [4.78, 5) is 9.52. The maximum absolute atomic E-state index is 5.75. The summed E-state index contributed by atoms with van der Waals surface area (Å²) in [5.74, 6) is 1.08. The molecule has 6 heteroatoms. The van der Waals surface area contributed by atoms with E-state index in [1.54, 1.807) is 6.33 Å². The highest BCUT2D eigenvalue weighted by Crippen LogP contribution is 2.13. The highest BCUT2D eigenvalue weighted by Gasteiger charge is 2.21. The first kappa shape index (κ1) is 16.4. The van der Waals surface area contributed by atoms with Crippen molar-refractivity contribution in [3.05, 3.63) is 12.2 Å². The molecule has 1 aromatic rings. The molecule has 1 saturated heterocycles. The lowest BCUT2D eigenvalue weighted by Gasteiger charge is -2.29. The summed E-state index contributed by atoms with van der Waals surface area (Å²) in [6.45, 7) is 11.6. The Kier molecular flexibility index (Phi) is 6.60. The average molecular weight is 294 g/mol. The molecule has 0 amide bonds. The SMILES string of the molecule is CCC(CCN)N1CCCN(Cc2ncnn2CC)CC1. The van der Waals surface area contributed by atoms with Crippen molar-refractivity contribution in [3.8, 4) is 0 Å². The number of hydrogen-bond donors (Lipinski definition) is 1. The molecule has 21 heavy (non-hydrogen) atoms. The van der Waals surface area contributed by atoms with E-state index in [-0.39, 0.29) is 0 Å². The first-order valence-electron chi connectivity index (χ1n) is 8.31. The van der Waals surface area contributed by atoms with Gasteiger partial charge in [-0.15, -0.1) is 0 Å². The summed E-state index contributed by atoms with van der Waals surface area (Å²) >= 11 is 0. The lowest BCUT2D eigenvalue weighted by Crippen LogP contribution is -2.39. The minimum atomic E-state index is 0.647. The van der Waals surface area contributed by atoms with Gasteiger partial charge in [-0.1, -0.05) is 6.92 Å². The summed E-state index contributed by atoms with van der Waals surface area (Å²) in [5, 5.41) is 4.26. The van der Waals surface area contributed by atoms with Gasteiger partial charge >= 0.3 is 0 Å². The molecule has 1 atom stereocenters. The Morgan fingerprint density at radius 2 is 2.10 bits per heavy atom. The molecule has 2 N–H and O–H groups in total. The zero-order valence-corrected chi connectivity index (χ0v) is 13.5. The normalized spacial score (nSPS) is 19.6. The van der Waals surface area contributed by atoms with Gasteiger partial charge in [0.2, 0.25) is 0 Å². The first-order chi connectivity index (χ1) is 10.3. The first-order valence-corrected chi connectivity index (χ1v) is 8.31. The minimum Gasteiger partial charge on any atom is -0.330 e. The van der Waals surface area contributed by atoms with Crippen molar-refractivity contribution in [1.82, 2.24) is 24.6 Å². The molecule has 0 radical (unpaired) electrons. The third-order valence-electron chi connectivity index (χ3n) is 4.47. The minimum absolute atomic E-state index is 0.647. The Labute approximate surface area is 128 Å². The Morgan fingerprint density at radius 1 is 1.24 bits per heavy atom. The second-order valence-electron chi connectivity index (χ2n) is 5.80. The van der Waals surface area contributed by atoms with Crippen LogP contribution in [0.15, 0.2) is 6.33 Å². The molecule has 1 aromatic heterocycles. The summed E-state index contributed by atoms with van der Waals surface area (Å²) in [7, 11) is 0. The van der Waals surface area contributed by atoms with E-state index >= 15 is 0 Å². The number of nitrogens with two attached hydrogens (primary N) is 1. The van der Waals surface area contributed by atoms with E-state index in [0.717, 1.165) is 51.5 Å². The van der Waals surface area contributed by atoms with Crippen LogP contribution in [0.1, 0.15) is 38.9 Å². The molecule has 1 unspecified atom stereocenters. The molecule has 2 rings (SSSR count). The third kappa shape index (κ3) is 4.49. The summed E-state index contributed by atoms with van der Waals surface area (Å²) in [6.07, 6.45) is 5.20. The number of nitrogens with zero attached hydrogens (tertiary/aromatic N) is 5. The van der Waals surface area contributed by atoms with E-state index < -0.39 is 0 Å². The lowest BCUT2D eigenvalue weighted by atomic mass is 10.1. The van der Waals surface area contributed by atoms with Crippen molar-refractivity contribution in [2.75, 3.05) is 32.7 Å². The predicted molar refractivity (Wildman–Crippen MR) is 84.9 cm³/mol. The average Bonchev–Trinajstić information content (AvgIpc) is 2.82. The molecule has 6 nitrogen and oxygen atoms in total. The van der Waals surface area contributed by atoms with Gasteiger partial charge < -0.3 is 5.73 Å². The van der Waals surface area contributed by atoms with Crippen LogP contribution >= 0.6 is 0 Å². The fourth-order valence-electron chi connectivity index (χ4n) is 3.23. The zero-order chi connectivity index (χ0) is 15.1. The van der Waals surface area contributed by atoms with Crippen molar-refractivity contribution < 1.29 is 0 Å². The third-order valence-corrected chi connectivity index (χ3v) is 4.47. The molecule has 0 bridgehead atoms. The van der Waals surface area contributed by atoms with Crippen molar-refractivity contribution in [3.63, 3.8) is 0 Å². The lowest BCUT2D eigenvalue weighted by molar-refractivity contribution is 0.183. The molecule has 120 valence electrons. The van der Waals surface area contributed by atoms with E-state index in [1.807, 2.05) is 4.68 Å². The molecule has 0 saturated carbocycles. The second-order valence-corrected chi connectivity index (χ2v) is 5.80. The van der Waals surface area contributed by atoms with E-state index in [1.165, 1.54) is 19.4 Å². The van der Waals surface area contributed by atoms with Crippen LogP contribution in [0.2, 0.25) is 0 Å². The maximum atomic E-state index is 5.75. The van der Waals surface area contributed by atoms with Gasteiger partial charge in [0.25, 0.3) is 0 Å². The van der Waals surface area contributed by atoms with Gasteiger partial charge in [-0.3, -0.25) is 9.80 Å². The van der Waals surface area contributed by atoms with Gasteiger partial charge in [-0.25, -0.2) is 9.67 Å². The Hall–Kier alpha value is -0.980. The van der Waals surface area contributed by atoms with Crippen LogP contribution in [0.3, 0.4) is 0 Å². The monoisotopic (exact) mass is 294 g/mol. The summed E-state index contributed by atoms with van der Waals surface area (Å²) in [5.41, 5.74) is 5.75. The molecular weight excluding hydrogens is 264 g/mol. The van der Waals surface area contributed by atoms with Gasteiger partial charge in [-0.2, -0.15) is 5.10 Å².